The summed E-state index contributed by atoms with van der Waals surface area (Å²) in [6, 6.07) is 7.39. The molecule has 1 aromatic heterocycles. The number of aliphatic hydroxyl groups is 3. The number of amides is 1. The third-order valence-electron chi connectivity index (χ3n) is 4.86. The third kappa shape index (κ3) is 5.85. The molecule has 1 aromatic carbocycles. The number of nitrogens with zero attached hydrogens (tertiary/aromatic N) is 2. The largest absolute Gasteiger partial charge is 0.480 e. The van der Waals surface area contributed by atoms with Crippen molar-refractivity contribution in [3.05, 3.63) is 36.4 Å². The molecule has 0 radical (unpaired) electrons. The topological polar surface area (TPSA) is 192 Å². The van der Waals surface area contributed by atoms with Gasteiger partial charge in [0, 0.05) is 18.7 Å². The highest BCUT2D eigenvalue weighted by Crippen LogP contribution is 2.24. The van der Waals surface area contributed by atoms with Crippen molar-refractivity contribution in [3.8, 4) is 5.88 Å². The Morgan fingerprint density at radius 3 is 2.36 bits per heavy atom. The van der Waals surface area contributed by atoms with Crippen LogP contribution in [0.5, 0.6) is 5.88 Å². The van der Waals surface area contributed by atoms with Crippen molar-refractivity contribution in [1.29, 1.82) is 0 Å². The zero-order chi connectivity index (χ0) is 24.2. The summed E-state index contributed by atoms with van der Waals surface area (Å²) in [5, 5.41) is 42.7. The van der Waals surface area contributed by atoms with Crippen molar-refractivity contribution in [2.75, 3.05) is 23.8 Å². The van der Waals surface area contributed by atoms with Crippen LogP contribution in [0.3, 0.4) is 0 Å². The predicted octanol–water partition coefficient (Wildman–Crippen LogP) is -1.36. The minimum atomic E-state index is -3.95. The molecular formula is C19H25N5O8S. The maximum absolute atomic E-state index is 12.6. The monoisotopic (exact) mass is 483 g/mol. The van der Waals surface area contributed by atoms with Crippen LogP contribution in [0.15, 0.2) is 41.3 Å². The summed E-state index contributed by atoms with van der Waals surface area (Å²) in [6.45, 7) is 0.689. The molecule has 1 fully saturated rings. The summed E-state index contributed by atoms with van der Waals surface area (Å²) >= 11 is 0. The summed E-state index contributed by atoms with van der Waals surface area (Å²) in [5.41, 5.74) is 0.402. The van der Waals surface area contributed by atoms with Gasteiger partial charge in [0.1, 0.15) is 24.4 Å². The van der Waals surface area contributed by atoms with E-state index in [1.165, 1.54) is 50.4 Å². The van der Waals surface area contributed by atoms with Gasteiger partial charge in [-0.15, -0.1) is 10.2 Å². The van der Waals surface area contributed by atoms with Crippen LogP contribution in [0, 0.1) is 0 Å². The van der Waals surface area contributed by atoms with Crippen LogP contribution in [0.1, 0.15) is 6.92 Å². The van der Waals surface area contributed by atoms with Gasteiger partial charge >= 0.3 is 0 Å². The molecule has 33 heavy (non-hydrogen) atoms. The van der Waals surface area contributed by atoms with E-state index in [1.54, 1.807) is 0 Å². The zero-order valence-electron chi connectivity index (χ0n) is 17.7. The van der Waals surface area contributed by atoms with E-state index in [0.717, 1.165) is 0 Å². The molecule has 0 spiro atoms. The van der Waals surface area contributed by atoms with Crippen molar-refractivity contribution >= 4 is 27.4 Å². The molecule has 0 aliphatic carbocycles. The summed E-state index contributed by atoms with van der Waals surface area (Å²) in [7, 11) is -2.54. The SMILES string of the molecule is COc1ccc(NS(=O)(=O)c2ccc(N[C@H]3O[C@@H](CO)[C@@H](O)[C@@H](O)[C@@H]3NC(C)=O)cc2)nn1. The number of aliphatic hydroxyl groups excluding tert-OH is 3. The average molecular weight is 484 g/mol. The Morgan fingerprint density at radius 1 is 1.12 bits per heavy atom. The van der Waals surface area contributed by atoms with Crippen LogP contribution in [0.4, 0.5) is 11.5 Å². The number of nitrogens with one attached hydrogen (secondary N) is 3. The second-order valence-electron chi connectivity index (χ2n) is 7.22. The van der Waals surface area contributed by atoms with Gasteiger partial charge in [-0.05, 0) is 30.3 Å². The fraction of sp³-hybridized carbons (Fsp3) is 0.421. The van der Waals surface area contributed by atoms with Crippen molar-refractivity contribution in [1.82, 2.24) is 15.5 Å². The van der Waals surface area contributed by atoms with Gasteiger partial charge in [0.2, 0.25) is 11.8 Å². The number of ether oxygens (including phenoxy) is 2. The van der Waals surface area contributed by atoms with Crippen LogP contribution >= 0.6 is 0 Å². The lowest BCUT2D eigenvalue weighted by Gasteiger charge is -2.43. The molecular weight excluding hydrogens is 458 g/mol. The molecule has 14 heteroatoms. The smallest absolute Gasteiger partial charge is 0.263 e. The van der Waals surface area contributed by atoms with E-state index in [0.29, 0.717) is 5.69 Å². The first-order chi connectivity index (χ1) is 15.6. The Morgan fingerprint density at radius 2 is 1.82 bits per heavy atom. The van der Waals surface area contributed by atoms with Gasteiger partial charge in [-0.3, -0.25) is 9.52 Å². The number of benzene rings is 1. The summed E-state index contributed by atoms with van der Waals surface area (Å²) in [5.74, 6) is -0.218. The van der Waals surface area contributed by atoms with Gasteiger partial charge in [-0.25, -0.2) is 8.42 Å². The number of hydrogen-bond acceptors (Lipinski definition) is 11. The lowest BCUT2D eigenvalue weighted by molar-refractivity contribution is -0.188. The molecule has 13 nitrogen and oxygen atoms in total. The van der Waals surface area contributed by atoms with Gasteiger partial charge in [-0.1, -0.05) is 0 Å². The number of hydrogen-bond donors (Lipinski definition) is 6. The normalized spacial score (nSPS) is 25.2. The van der Waals surface area contributed by atoms with Crippen molar-refractivity contribution in [2.24, 2.45) is 0 Å². The van der Waals surface area contributed by atoms with Crippen LogP contribution in [-0.2, 0) is 19.6 Å². The van der Waals surface area contributed by atoms with Crippen molar-refractivity contribution in [3.63, 3.8) is 0 Å². The van der Waals surface area contributed by atoms with Gasteiger partial charge < -0.3 is 35.4 Å². The maximum atomic E-state index is 12.6. The molecule has 0 saturated carbocycles. The first kappa shape index (κ1) is 24.6. The number of aromatic nitrogens is 2. The van der Waals surface area contributed by atoms with E-state index < -0.39 is 53.1 Å². The number of carbonyl (C=O) groups excluding carboxylic acids is 1. The highest BCUT2D eigenvalue weighted by molar-refractivity contribution is 7.92. The molecule has 1 aliphatic heterocycles. The molecule has 180 valence electrons. The first-order valence-corrected chi connectivity index (χ1v) is 11.3. The fourth-order valence-corrected chi connectivity index (χ4v) is 4.21. The van der Waals surface area contributed by atoms with Gasteiger partial charge in [-0.2, -0.15) is 0 Å². The highest BCUT2D eigenvalue weighted by Gasteiger charge is 2.44. The Hall–Kier alpha value is -3.04. The predicted molar refractivity (Wildman–Crippen MR) is 115 cm³/mol. The van der Waals surface area contributed by atoms with Gasteiger partial charge in [0.05, 0.1) is 18.6 Å². The Balaban J connectivity index is 1.74. The number of rotatable bonds is 8. The minimum Gasteiger partial charge on any atom is -0.480 e. The zero-order valence-corrected chi connectivity index (χ0v) is 18.6. The van der Waals surface area contributed by atoms with E-state index in [1.807, 2.05) is 0 Å². The van der Waals surface area contributed by atoms with E-state index in [9.17, 15) is 28.5 Å². The van der Waals surface area contributed by atoms with Gasteiger partial charge in [0.25, 0.3) is 10.0 Å². The lowest BCUT2D eigenvalue weighted by atomic mass is 9.96. The number of carbonyl (C=O) groups is 1. The van der Waals surface area contributed by atoms with E-state index in [2.05, 4.69) is 25.6 Å². The molecule has 3 rings (SSSR count). The molecule has 1 aliphatic rings. The lowest BCUT2D eigenvalue weighted by Crippen LogP contribution is -2.65. The Bertz CT molecular complexity index is 1050. The van der Waals surface area contributed by atoms with Crippen LogP contribution < -0.4 is 20.1 Å². The average Bonchev–Trinajstić information content (AvgIpc) is 2.79. The third-order valence-corrected chi connectivity index (χ3v) is 6.23. The van der Waals surface area contributed by atoms with Gasteiger partial charge in [0.15, 0.2) is 12.0 Å². The quantitative estimate of drug-likeness (QED) is 0.260. The van der Waals surface area contributed by atoms with E-state index in [4.69, 9.17) is 9.47 Å². The van der Waals surface area contributed by atoms with Crippen molar-refractivity contribution < 1.29 is 38.0 Å². The molecule has 6 N–H and O–H groups in total. The van der Waals surface area contributed by atoms with Crippen molar-refractivity contribution in [2.45, 2.75) is 42.4 Å². The molecule has 2 heterocycles. The second kappa shape index (κ2) is 10.3. The van der Waals surface area contributed by atoms with E-state index in [-0.39, 0.29) is 16.6 Å². The second-order valence-corrected chi connectivity index (χ2v) is 8.90. The molecule has 2 aromatic rings. The Labute approximate surface area is 189 Å². The van der Waals surface area contributed by atoms with Crippen LogP contribution in [-0.4, -0.2) is 84.1 Å². The molecule has 1 amide bonds. The minimum absolute atomic E-state index is 0.00865. The number of methoxy groups -OCH3 is 1. The summed E-state index contributed by atoms with van der Waals surface area (Å²) in [4.78, 5) is 11.5. The standard InChI is InChI=1S/C19H25N5O8S/c1-10(26)20-16-18(28)17(27)13(9-25)32-19(16)21-11-3-5-12(6-4-11)33(29,30)24-14-7-8-15(31-2)23-22-14/h3-8,13,16-19,21,25,27-28H,9H2,1-2H3,(H,20,26)(H,22,24)/t13-,16-,17+,18-,19-/m0/s1. The number of sulfonamides is 1. The molecule has 0 bridgehead atoms. The van der Waals surface area contributed by atoms with Crippen LogP contribution in [0.2, 0.25) is 0 Å². The summed E-state index contributed by atoms with van der Waals surface area (Å²) in [6.07, 6.45) is -4.92. The molecule has 5 atom stereocenters. The molecule has 0 unspecified atom stereocenters. The van der Waals surface area contributed by atoms with Crippen LogP contribution in [0.25, 0.3) is 0 Å². The first-order valence-electron chi connectivity index (χ1n) is 9.81. The summed E-state index contributed by atoms with van der Waals surface area (Å²) < 4.78 is 38.0. The Kier molecular flexibility index (Phi) is 7.65. The number of anilines is 2. The molecule has 1 saturated heterocycles. The fourth-order valence-electron chi connectivity index (χ4n) is 3.21. The highest BCUT2D eigenvalue weighted by atomic mass is 32.2. The van der Waals surface area contributed by atoms with E-state index >= 15 is 0 Å². The maximum Gasteiger partial charge on any atom is 0.263 e.